The molecular weight excluding hydrogens is 314 g/mol. The Morgan fingerprint density at radius 3 is 2.70 bits per heavy atom. The van der Waals surface area contributed by atoms with Crippen LogP contribution >= 0.6 is 0 Å². The lowest BCUT2D eigenvalue weighted by Crippen LogP contribution is -2.48. The van der Waals surface area contributed by atoms with Crippen molar-refractivity contribution in [1.82, 2.24) is 5.32 Å². The highest BCUT2D eigenvalue weighted by atomic mass is 32.2. The van der Waals surface area contributed by atoms with Crippen molar-refractivity contribution in [3.63, 3.8) is 0 Å². The first-order valence-electron chi connectivity index (χ1n) is 7.49. The third-order valence-electron chi connectivity index (χ3n) is 4.05. The minimum absolute atomic E-state index is 0.0139. The highest BCUT2D eigenvalue weighted by molar-refractivity contribution is 7.91. The van der Waals surface area contributed by atoms with E-state index in [-0.39, 0.29) is 24.0 Å². The summed E-state index contributed by atoms with van der Waals surface area (Å²) in [5.74, 6) is 0.438. The summed E-state index contributed by atoms with van der Waals surface area (Å²) in [6.45, 7) is 1.62. The lowest BCUT2D eigenvalue weighted by atomic mass is 10.0. The van der Waals surface area contributed by atoms with Gasteiger partial charge in [0.05, 0.1) is 17.0 Å². The lowest BCUT2D eigenvalue weighted by molar-refractivity contribution is -0.124. The van der Waals surface area contributed by atoms with Crippen molar-refractivity contribution in [2.75, 3.05) is 18.1 Å². The first kappa shape index (κ1) is 15.8. The van der Waals surface area contributed by atoms with Gasteiger partial charge in [0.25, 0.3) is 5.91 Å². The molecule has 3 rings (SSSR count). The van der Waals surface area contributed by atoms with Crippen LogP contribution in [-0.4, -0.2) is 38.0 Å². The minimum atomic E-state index is -3.05. The second kappa shape index (κ2) is 5.85. The van der Waals surface area contributed by atoms with Gasteiger partial charge in [-0.25, -0.2) is 8.42 Å². The van der Waals surface area contributed by atoms with Gasteiger partial charge in [-0.05, 0) is 24.8 Å². The summed E-state index contributed by atoms with van der Waals surface area (Å²) in [5, 5.41) is 4.77. The minimum Gasteiger partial charge on any atom is -0.483 e. The largest absolute Gasteiger partial charge is 0.483 e. The normalized spacial score (nSPS) is 22.8. The number of nitrogens with one attached hydrogen (secondary N) is 1. The average Bonchev–Trinajstić information content (AvgIpc) is 2.78. The molecule has 0 aromatic heterocycles. The zero-order valence-corrected chi connectivity index (χ0v) is 13.7. The van der Waals surface area contributed by atoms with E-state index >= 15 is 0 Å². The zero-order chi connectivity index (χ0) is 16.5. The van der Waals surface area contributed by atoms with Crippen LogP contribution in [0.5, 0.6) is 5.75 Å². The smallest absolute Gasteiger partial charge is 0.258 e. The standard InChI is InChI=1S/C17H19NO4S/c1-17(9-10-23(20,21)12-17)18-16(19)11-22-15-8-4-6-13-5-2-3-7-14(13)15/h2-8H,9-12H2,1H3,(H,18,19). The van der Waals surface area contributed by atoms with Crippen LogP contribution in [0.4, 0.5) is 0 Å². The van der Waals surface area contributed by atoms with Gasteiger partial charge in [-0.3, -0.25) is 4.79 Å². The first-order valence-corrected chi connectivity index (χ1v) is 9.31. The Bertz CT molecular complexity index is 841. The fourth-order valence-corrected chi connectivity index (χ4v) is 5.04. The predicted molar refractivity (Wildman–Crippen MR) is 89.3 cm³/mol. The van der Waals surface area contributed by atoms with Gasteiger partial charge < -0.3 is 10.1 Å². The summed E-state index contributed by atoms with van der Waals surface area (Å²) in [7, 11) is -3.05. The molecule has 0 aliphatic carbocycles. The average molecular weight is 333 g/mol. The summed E-state index contributed by atoms with van der Waals surface area (Å²) < 4.78 is 28.8. The number of sulfone groups is 1. The van der Waals surface area contributed by atoms with Gasteiger partial charge >= 0.3 is 0 Å². The second-order valence-electron chi connectivity index (χ2n) is 6.22. The van der Waals surface area contributed by atoms with Gasteiger partial charge in [-0.15, -0.1) is 0 Å². The summed E-state index contributed by atoms with van der Waals surface area (Å²) in [5.41, 5.74) is -0.696. The monoisotopic (exact) mass is 333 g/mol. The van der Waals surface area contributed by atoms with Crippen molar-refractivity contribution in [3.05, 3.63) is 42.5 Å². The number of rotatable bonds is 4. The topological polar surface area (TPSA) is 72.5 Å². The van der Waals surface area contributed by atoms with Gasteiger partial charge in [-0.2, -0.15) is 0 Å². The number of amides is 1. The molecule has 1 heterocycles. The molecular formula is C17H19NO4S. The van der Waals surface area contributed by atoms with Crippen LogP contribution in [-0.2, 0) is 14.6 Å². The SMILES string of the molecule is CC1(NC(=O)COc2cccc3ccccc23)CCS(=O)(=O)C1. The molecule has 6 heteroatoms. The Hall–Kier alpha value is -2.08. The fourth-order valence-electron chi connectivity index (χ4n) is 2.95. The molecule has 1 saturated heterocycles. The molecule has 122 valence electrons. The molecule has 1 atom stereocenters. The van der Waals surface area contributed by atoms with Crippen molar-refractivity contribution in [2.24, 2.45) is 0 Å². The Balaban J connectivity index is 1.65. The summed E-state index contributed by atoms with van der Waals surface area (Å²) in [6, 6.07) is 13.4. The molecule has 1 fully saturated rings. The molecule has 2 aromatic rings. The predicted octanol–water partition coefficient (Wildman–Crippen LogP) is 1.91. The van der Waals surface area contributed by atoms with Gasteiger partial charge in [0, 0.05) is 5.39 Å². The molecule has 1 amide bonds. The van der Waals surface area contributed by atoms with Crippen molar-refractivity contribution in [2.45, 2.75) is 18.9 Å². The van der Waals surface area contributed by atoms with E-state index in [1.807, 2.05) is 42.5 Å². The number of benzene rings is 2. The van der Waals surface area contributed by atoms with Crippen LogP contribution in [0.25, 0.3) is 10.8 Å². The van der Waals surface area contributed by atoms with Crippen LogP contribution in [0.2, 0.25) is 0 Å². The molecule has 1 aliphatic rings. The molecule has 2 aromatic carbocycles. The van der Waals surface area contributed by atoms with E-state index in [2.05, 4.69) is 5.32 Å². The molecule has 1 aliphatic heterocycles. The summed E-state index contributed by atoms with van der Waals surface area (Å²) in [4.78, 5) is 12.1. The molecule has 23 heavy (non-hydrogen) atoms. The number of hydrogen-bond acceptors (Lipinski definition) is 4. The first-order chi connectivity index (χ1) is 10.9. The van der Waals surface area contributed by atoms with Crippen molar-refractivity contribution in [3.8, 4) is 5.75 Å². The summed E-state index contributed by atoms with van der Waals surface area (Å²) >= 11 is 0. The Morgan fingerprint density at radius 2 is 1.96 bits per heavy atom. The fraction of sp³-hybridized carbons (Fsp3) is 0.353. The van der Waals surface area contributed by atoms with Crippen LogP contribution < -0.4 is 10.1 Å². The second-order valence-corrected chi connectivity index (χ2v) is 8.40. The van der Waals surface area contributed by atoms with E-state index < -0.39 is 15.4 Å². The van der Waals surface area contributed by atoms with Gasteiger partial charge in [0.15, 0.2) is 16.4 Å². The highest BCUT2D eigenvalue weighted by Gasteiger charge is 2.39. The molecule has 1 N–H and O–H groups in total. The van der Waals surface area contributed by atoms with Crippen molar-refractivity contribution >= 4 is 26.5 Å². The number of fused-ring (bicyclic) bond motifs is 1. The van der Waals surface area contributed by atoms with E-state index in [0.717, 1.165) is 10.8 Å². The van der Waals surface area contributed by atoms with E-state index in [9.17, 15) is 13.2 Å². The van der Waals surface area contributed by atoms with Gasteiger partial charge in [0.1, 0.15) is 5.75 Å². The van der Waals surface area contributed by atoms with Crippen LogP contribution in [0.15, 0.2) is 42.5 Å². The maximum absolute atomic E-state index is 12.1. The Labute approximate surface area is 135 Å². The molecule has 0 saturated carbocycles. The van der Waals surface area contributed by atoms with Gasteiger partial charge in [0.2, 0.25) is 0 Å². The van der Waals surface area contributed by atoms with E-state index in [1.54, 1.807) is 6.92 Å². The van der Waals surface area contributed by atoms with E-state index in [4.69, 9.17) is 4.74 Å². The number of carbonyl (C=O) groups excluding carboxylic acids is 1. The maximum atomic E-state index is 12.1. The third-order valence-corrected chi connectivity index (χ3v) is 5.96. The number of hydrogen-bond donors (Lipinski definition) is 1. The summed E-state index contributed by atoms with van der Waals surface area (Å²) in [6.07, 6.45) is 0.440. The Kier molecular flexibility index (Phi) is 4.02. The maximum Gasteiger partial charge on any atom is 0.258 e. The third kappa shape index (κ3) is 3.64. The van der Waals surface area contributed by atoms with E-state index in [1.165, 1.54) is 0 Å². The number of carbonyl (C=O) groups is 1. The van der Waals surface area contributed by atoms with Crippen LogP contribution in [0.3, 0.4) is 0 Å². The molecule has 5 nitrogen and oxygen atoms in total. The van der Waals surface area contributed by atoms with Gasteiger partial charge in [-0.1, -0.05) is 36.4 Å². The number of ether oxygens (including phenoxy) is 1. The van der Waals surface area contributed by atoms with E-state index in [0.29, 0.717) is 12.2 Å². The highest BCUT2D eigenvalue weighted by Crippen LogP contribution is 2.25. The quantitative estimate of drug-likeness (QED) is 0.928. The van der Waals surface area contributed by atoms with Crippen LogP contribution in [0, 0.1) is 0 Å². The molecule has 0 radical (unpaired) electrons. The van der Waals surface area contributed by atoms with Crippen molar-refractivity contribution < 1.29 is 17.9 Å². The molecule has 1 unspecified atom stereocenters. The zero-order valence-electron chi connectivity index (χ0n) is 12.9. The Morgan fingerprint density at radius 1 is 1.22 bits per heavy atom. The molecule has 0 bridgehead atoms. The molecule has 0 spiro atoms. The van der Waals surface area contributed by atoms with Crippen LogP contribution in [0.1, 0.15) is 13.3 Å². The van der Waals surface area contributed by atoms with Crippen molar-refractivity contribution in [1.29, 1.82) is 0 Å². The lowest BCUT2D eigenvalue weighted by Gasteiger charge is -2.23.